The van der Waals surface area contributed by atoms with E-state index in [0.717, 1.165) is 5.56 Å². The molecule has 1 rings (SSSR count). The molecule has 2 unspecified atom stereocenters. The molecule has 0 spiro atoms. The zero-order chi connectivity index (χ0) is 12.7. The van der Waals surface area contributed by atoms with E-state index in [1.54, 1.807) is 13.3 Å². The van der Waals surface area contributed by atoms with Crippen LogP contribution >= 0.6 is 0 Å². The maximum atomic E-state index is 9.38. The van der Waals surface area contributed by atoms with Gasteiger partial charge in [-0.25, -0.2) is 0 Å². The number of rotatable bonds is 7. The van der Waals surface area contributed by atoms with Crippen LogP contribution in [0.15, 0.2) is 24.5 Å². The average molecular weight is 239 g/mol. The van der Waals surface area contributed by atoms with Gasteiger partial charge in [-0.15, -0.1) is 0 Å². The summed E-state index contributed by atoms with van der Waals surface area (Å²) >= 11 is 0. The minimum atomic E-state index is -0.202. The van der Waals surface area contributed by atoms with Gasteiger partial charge in [-0.1, -0.05) is 6.07 Å². The first kappa shape index (κ1) is 14.1. The van der Waals surface area contributed by atoms with Crippen molar-refractivity contribution in [3.63, 3.8) is 0 Å². The standard InChI is InChI=1S/C12H21N3O2/c1-15(7-10-4-3-5-14-6-10)12(8-16)11(13)9-17-2/h3-6,11-12,16H,7-9,13H2,1-2H3. The SMILES string of the molecule is COCC(N)C(CO)N(C)Cc1cccnc1. The molecule has 5 heteroatoms. The van der Waals surface area contributed by atoms with E-state index in [1.807, 2.05) is 30.3 Å². The zero-order valence-corrected chi connectivity index (χ0v) is 10.4. The average Bonchev–Trinajstić information content (AvgIpc) is 2.31. The fourth-order valence-corrected chi connectivity index (χ4v) is 1.80. The summed E-state index contributed by atoms with van der Waals surface area (Å²) in [7, 11) is 3.54. The largest absolute Gasteiger partial charge is 0.395 e. The number of nitrogens with two attached hydrogens (primary N) is 1. The van der Waals surface area contributed by atoms with Gasteiger partial charge in [-0.3, -0.25) is 9.88 Å². The molecule has 2 atom stereocenters. The Balaban J connectivity index is 2.57. The van der Waals surface area contributed by atoms with Crippen LogP contribution in [0.4, 0.5) is 0 Å². The van der Waals surface area contributed by atoms with Crippen molar-refractivity contribution in [2.45, 2.75) is 18.6 Å². The predicted octanol–water partition coefficient (Wildman–Crippen LogP) is -0.152. The van der Waals surface area contributed by atoms with Crippen molar-refractivity contribution in [2.75, 3.05) is 27.4 Å². The van der Waals surface area contributed by atoms with E-state index in [0.29, 0.717) is 13.2 Å². The Morgan fingerprint density at radius 3 is 2.88 bits per heavy atom. The number of pyridine rings is 1. The molecule has 0 aliphatic carbocycles. The molecule has 0 fully saturated rings. The summed E-state index contributed by atoms with van der Waals surface area (Å²) in [6, 6.07) is 3.58. The third-order valence-corrected chi connectivity index (χ3v) is 2.76. The highest BCUT2D eigenvalue weighted by atomic mass is 16.5. The molecule has 1 aromatic heterocycles. The summed E-state index contributed by atoms with van der Waals surface area (Å²) in [5.74, 6) is 0. The third-order valence-electron chi connectivity index (χ3n) is 2.76. The number of aliphatic hydroxyl groups is 1. The van der Waals surface area contributed by atoms with Crippen molar-refractivity contribution in [3.8, 4) is 0 Å². The van der Waals surface area contributed by atoms with E-state index in [2.05, 4.69) is 4.98 Å². The van der Waals surface area contributed by atoms with Gasteiger partial charge in [-0.2, -0.15) is 0 Å². The smallest absolute Gasteiger partial charge is 0.0629 e. The van der Waals surface area contributed by atoms with Crippen LogP contribution in [0, 0.1) is 0 Å². The van der Waals surface area contributed by atoms with Gasteiger partial charge in [0.05, 0.1) is 19.3 Å². The Kier molecular flexibility index (Phi) is 6.07. The Morgan fingerprint density at radius 1 is 1.59 bits per heavy atom. The van der Waals surface area contributed by atoms with Gasteiger partial charge < -0.3 is 15.6 Å². The van der Waals surface area contributed by atoms with Crippen molar-refractivity contribution in [1.82, 2.24) is 9.88 Å². The van der Waals surface area contributed by atoms with E-state index in [1.165, 1.54) is 0 Å². The molecule has 0 saturated heterocycles. The lowest BCUT2D eigenvalue weighted by Gasteiger charge is -2.30. The van der Waals surface area contributed by atoms with E-state index < -0.39 is 0 Å². The van der Waals surface area contributed by atoms with Crippen molar-refractivity contribution in [1.29, 1.82) is 0 Å². The number of hydrogen-bond donors (Lipinski definition) is 2. The molecule has 5 nitrogen and oxygen atoms in total. The van der Waals surface area contributed by atoms with E-state index in [4.69, 9.17) is 10.5 Å². The second-order valence-electron chi connectivity index (χ2n) is 4.15. The van der Waals surface area contributed by atoms with E-state index >= 15 is 0 Å². The molecule has 0 amide bonds. The first-order chi connectivity index (χ1) is 8.19. The highest BCUT2D eigenvalue weighted by Crippen LogP contribution is 2.07. The summed E-state index contributed by atoms with van der Waals surface area (Å²) in [6.07, 6.45) is 3.55. The minimum Gasteiger partial charge on any atom is -0.395 e. The van der Waals surface area contributed by atoms with Crippen LogP contribution in [0.5, 0.6) is 0 Å². The van der Waals surface area contributed by atoms with Crippen molar-refractivity contribution in [3.05, 3.63) is 30.1 Å². The predicted molar refractivity (Wildman–Crippen MR) is 66.4 cm³/mol. The van der Waals surface area contributed by atoms with Gasteiger partial charge in [0.25, 0.3) is 0 Å². The number of nitrogens with zero attached hydrogens (tertiary/aromatic N) is 2. The van der Waals surface area contributed by atoms with Crippen LogP contribution < -0.4 is 5.73 Å². The van der Waals surface area contributed by atoms with E-state index in [9.17, 15) is 5.11 Å². The number of aliphatic hydroxyl groups excluding tert-OH is 1. The number of methoxy groups -OCH3 is 1. The minimum absolute atomic E-state index is 0.0152. The van der Waals surface area contributed by atoms with Crippen LogP contribution in [-0.4, -0.2) is 54.4 Å². The summed E-state index contributed by atoms with van der Waals surface area (Å²) in [5.41, 5.74) is 7.05. The normalized spacial score (nSPS) is 14.9. The Bertz CT molecular complexity index is 308. The monoisotopic (exact) mass is 239 g/mol. The molecular formula is C12H21N3O2. The maximum absolute atomic E-state index is 9.38. The molecular weight excluding hydrogens is 218 g/mol. The molecule has 0 aliphatic rings. The van der Waals surface area contributed by atoms with Crippen molar-refractivity contribution < 1.29 is 9.84 Å². The van der Waals surface area contributed by atoms with Crippen LogP contribution in [-0.2, 0) is 11.3 Å². The van der Waals surface area contributed by atoms with Gasteiger partial charge in [0.2, 0.25) is 0 Å². The molecule has 0 bridgehead atoms. The summed E-state index contributed by atoms with van der Waals surface area (Å²) < 4.78 is 5.01. The molecule has 17 heavy (non-hydrogen) atoms. The zero-order valence-electron chi connectivity index (χ0n) is 10.4. The van der Waals surface area contributed by atoms with Crippen LogP contribution in [0.3, 0.4) is 0 Å². The van der Waals surface area contributed by atoms with Gasteiger partial charge in [0, 0.05) is 32.1 Å². The number of likely N-dealkylation sites (N-methyl/N-ethyl adjacent to an activating group) is 1. The van der Waals surface area contributed by atoms with Gasteiger partial charge in [-0.05, 0) is 18.7 Å². The second-order valence-corrected chi connectivity index (χ2v) is 4.15. The summed E-state index contributed by atoms with van der Waals surface area (Å²) in [4.78, 5) is 6.07. The highest BCUT2D eigenvalue weighted by Gasteiger charge is 2.21. The Hall–Kier alpha value is -1.01. The molecule has 96 valence electrons. The van der Waals surface area contributed by atoms with Gasteiger partial charge in [0.15, 0.2) is 0 Å². The molecule has 1 aromatic rings. The van der Waals surface area contributed by atoms with Crippen molar-refractivity contribution in [2.24, 2.45) is 5.73 Å². The molecule has 0 aromatic carbocycles. The molecule has 0 saturated carbocycles. The van der Waals surface area contributed by atoms with Crippen LogP contribution in [0.2, 0.25) is 0 Å². The molecule has 3 N–H and O–H groups in total. The lowest BCUT2D eigenvalue weighted by molar-refractivity contribution is 0.0816. The summed E-state index contributed by atoms with van der Waals surface area (Å²) in [5, 5.41) is 9.38. The Morgan fingerprint density at radius 2 is 2.35 bits per heavy atom. The fraction of sp³-hybridized carbons (Fsp3) is 0.583. The number of hydrogen-bond acceptors (Lipinski definition) is 5. The first-order valence-electron chi connectivity index (χ1n) is 5.63. The van der Waals surface area contributed by atoms with Gasteiger partial charge in [0.1, 0.15) is 0 Å². The van der Waals surface area contributed by atoms with Crippen LogP contribution in [0.1, 0.15) is 5.56 Å². The van der Waals surface area contributed by atoms with Gasteiger partial charge >= 0.3 is 0 Å². The molecule has 1 heterocycles. The van der Waals surface area contributed by atoms with E-state index in [-0.39, 0.29) is 18.7 Å². The lowest BCUT2D eigenvalue weighted by Crippen LogP contribution is -2.50. The Labute approximate surface area is 102 Å². The summed E-state index contributed by atoms with van der Waals surface area (Å²) in [6.45, 7) is 1.15. The first-order valence-corrected chi connectivity index (χ1v) is 5.63. The second kappa shape index (κ2) is 7.34. The topological polar surface area (TPSA) is 71.6 Å². The number of aromatic nitrogens is 1. The molecule has 0 radical (unpaired) electrons. The maximum Gasteiger partial charge on any atom is 0.0629 e. The fourth-order valence-electron chi connectivity index (χ4n) is 1.80. The molecule has 0 aliphatic heterocycles. The number of ether oxygens (including phenoxy) is 1. The third kappa shape index (κ3) is 4.40. The van der Waals surface area contributed by atoms with Crippen molar-refractivity contribution >= 4 is 0 Å². The highest BCUT2D eigenvalue weighted by molar-refractivity contribution is 5.08. The quantitative estimate of drug-likeness (QED) is 0.692. The van der Waals surface area contributed by atoms with Crippen LogP contribution in [0.25, 0.3) is 0 Å². The lowest BCUT2D eigenvalue weighted by atomic mass is 10.1.